The molecule has 86 valence electrons. The van der Waals surface area contributed by atoms with Gasteiger partial charge in [0.05, 0.1) is 0 Å². The Bertz CT molecular complexity index is 507. The van der Waals surface area contributed by atoms with E-state index in [1.165, 1.54) is 0 Å². The van der Waals surface area contributed by atoms with Gasteiger partial charge in [-0.15, -0.1) is 0 Å². The highest BCUT2D eigenvalue weighted by atomic mass is 35.5. The van der Waals surface area contributed by atoms with E-state index in [0.29, 0.717) is 29.6 Å². The first-order valence-corrected chi connectivity index (χ1v) is 5.66. The van der Waals surface area contributed by atoms with E-state index in [1.54, 1.807) is 12.1 Å². The molecule has 0 aromatic heterocycles. The summed E-state index contributed by atoms with van der Waals surface area (Å²) in [5.41, 5.74) is 0.299. The number of rotatable bonds is 3. The molecule has 0 atom stereocenters. The Hall–Kier alpha value is -1.67. The molecular formula is C14H11ClO2. The smallest absolute Gasteiger partial charge is 0.138 e. The zero-order valence-corrected chi connectivity index (χ0v) is 9.85. The van der Waals surface area contributed by atoms with Crippen LogP contribution in [0.4, 0.5) is 0 Å². The normalized spacial score (nSPS) is 17.4. The van der Waals surface area contributed by atoms with E-state index in [9.17, 15) is 9.59 Å². The Morgan fingerprint density at radius 1 is 1.18 bits per heavy atom. The largest absolute Gasteiger partial charge is 0.302 e. The number of hydrogen-bond acceptors (Lipinski definition) is 2. The average Bonchev–Trinajstić information content (AvgIpc) is 2.39. The third-order valence-corrected chi connectivity index (χ3v) is 3.27. The number of aldehydes is 2. The molecule has 1 aliphatic carbocycles. The van der Waals surface area contributed by atoms with Gasteiger partial charge >= 0.3 is 0 Å². The lowest BCUT2D eigenvalue weighted by Gasteiger charge is -2.26. The highest BCUT2D eigenvalue weighted by molar-refractivity contribution is 6.32. The minimum Gasteiger partial charge on any atom is -0.302 e. The molecule has 1 aromatic carbocycles. The van der Waals surface area contributed by atoms with Crippen LogP contribution in [0.1, 0.15) is 12.0 Å². The Morgan fingerprint density at radius 3 is 2.53 bits per heavy atom. The predicted molar refractivity (Wildman–Crippen MR) is 67.7 cm³/mol. The van der Waals surface area contributed by atoms with Gasteiger partial charge in [-0.1, -0.05) is 48.0 Å². The van der Waals surface area contributed by atoms with E-state index in [2.05, 4.69) is 0 Å². The quantitative estimate of drug-likeness (QED) is 0.607. The molecule has 0 N–H and O–H groups in total. The van der Waals surface area contributed by atoms with Crippen molar-refractivity contribution in [2.45, 2.75) is 6.42 Å². The summed E-state index contributed by atoms with van der Waals surface area (Å²) in [6, 6.07) is 7.21. The minimum absolute atomic E-state index is 0.386. The maximum Gasteiger partial charge on any atom is 0.138 e. The number of carbonyl (C=O) groups is 2. The van der Waals surface area contributed by atoms with Crippen LogP contribution >= 0.6 is 11.6 Å². The highest BCUT2D eigenvalue weighted by Gasteiger charge is 2.35. The van der Waals surface area contributed by atoms with Gasteiger partial charge in [-0.2, -0.15) is 0 Å². The molecule has 0 heterocycles. The zero-order chi connectivity index (χ0) is 12.3. The summed E-state index contributed by atoms with van der Waals surface area (Å²) < 4.78 is 0. The van der Waals surface area contributed by atoms with Gasteiger partial charge in [0.15, 0.2) is 0 Å². The van der Waals surface area contributed by atoms with E-state index >= 15 is 0 Å². The Morgan fingerprint density at radius 2 is 1.88 bits per heavy atom. The van der Waals surface area contributed by atoms with Crippen LogP contribution in [-0.4, -0.2) is 12.6 Å². The molecule has 3 heteroatoms. The fourth-order valence-corrected chi connectivity index (χ4v) is 2.20. The van der Waals surface area contributed by atoms with Crippen LogP contribution in [0, 0.1) is 5.41 Å². The van der Waals surface area contributed by atoms with Crippen LogP contribution in [0.5, 0.6) is 0 Å². The second kappa shape index (κ2) is 4.68. The van der Waals surface area contributed by atoms with Crippen molar-refractivity contribution in [2.75, 3.05) is 0 Å². The van der Waals surface area contributed by atoms with Gasteiger partial charge in [0, 0.05) is 5.02 Å². The summed E-state index contributed by atoms with van der Waals surface area (Å²) in [5.74, 6) is 0. The summed E-state index contributed by atoms with van der Waals surface area (Å²) in [4.78, 5) is 22.5. The molecule has 1 aliphatic rings. The lowest BCUT2D eigenvalue weighted by Crippen LogP contribution is -2.27. The van der Waals surface area contributed by atoms with Crippen LogP contribution in [0.25, 0.3) is 5.57 Å². The van der Waals surface area contributed by atoms with Gasteiger partial charge in [-0.05, 0) is 23.6 Å². The number of carbonyl (C=O) groups excluding carboxylic acids is 2. The Kier molecular flexibility index (Phi) is 3.25. The van der Waals surface area contributed by atoms with Crippen LogP contribution in [0.3, 0.4) is 0 Å². The van der Waals surface area contributed by atoms with Crippen molar-refractivity contribution in [2.24, 2.45) is 5.41 Å². The lowest BCUT2D eigenvalue weighted by atomic mass is 9.74. The first-order valence-electron chi connectivity index (χ1n) is 5.28. The molecule has 0 unspecified atom stereocenters. The maximum absolute atomic E-state index is 11.3. The summed E-state index contributed by atoms with van der Waals surface area (Å²) >= 11 is 6.10. The molecule has 0 saturated heterocycles. The summed E-state index contributed by atoms with van der Waals surface area (Å²) in [6.07, 6.45) is 7.19. The summed E-state index contributed by atoms with van der Waals surface area (Å²) in [6.45, 7) is 0. The van der Waals surface area contributed by atoms with E-state index < -0.39 is 5.41 Å². The zero-order valence-electron chi connectivity index (χ0n) is 9.10. The standard InChI is InChI=1S/C14H11ClO2/c15-13-7-2-1-5-11(13)12-6-3-4-8-14(12,9-16)10-17/h1-7,9-10H,8H2. The first kappa shape index (κ1) is 11.8. The van der Waals surface area contributed by atoms with Gasteiger partial charge < -0.3 is 9.59 Å². The van der Waals surface area contributed by atoms with Crippen LogP contribution in [-0.2, 0) is 9.59 Å². The summed E-state index contributed by atoms with van der Waals surface area (Å²) in [5, 5.41) is 0.544. The van der Waals surface area contributed by atoms with Crippen LogP contribution < -0.4 is 0 Å². The second-order valence-electron chi connectivity index (χ2n) is 3.97. The maximum atomic E-state index is 11.3. The van der Waals surface area contributed by atoms with Gasteiger partial charge in [-0.3, -0.25) is 0 Å². The molecule has 0 bridgehead atoms. The van der Waals surface area contributed by atoms with Gasteiger partial charge in [0.2, 0.25) is 0 Å². The molecule has 2 nitrogen and oxygen atoms in total. The molecule has 17 heavy (non-hydrogen) atoms. The molecule has 0 saturated carbocycles. The van der Waals surface area contributed by atoms with Crippen molar-refractivity contribution in [1.29, 1.82) is 0 Å². The number of hydrogen-bond donors (Lipinski definition) is 0. The fraction of sp³-hybridized carbons (Fsp3) is 0.143. The SMILES string of the molecule is O=CC1(C=O)CC=CC=C1c1ccccc1Cl. The molecule has 0 amide bonds. The highest BCUT2D eigenvalue weighted by Crippen LogP contribution is 2.40. The van der Waals surface area contributed by atoms with Gasteiger partial charge in [0.1, 0.15) is 18.0 Å². The van der Waals surface area contributed by atoms with Crippen molar-refractivity contribution in [3.8, 4) is 0 Å². The molecule has 0 radical (unpaired) electrons. The molecule has 0 spiro atoms. The van der Waals surface area contributed by atoms with E-state index in [0.717, 1.165) is 5.56 Å². The molecule has 0 fully saturated rings. The number of halogens is 1. The predicted octanol–water partition coefficient (Wildman–Crippen LogP) is 3.07. The fourth-order valence-electron chi connectivity index (χ4n) is 1.96. The molecule has 2 rings (SSSR count). The average molecular weight is 247 g/mol. The van der Waals surface area contributed by atoms with Crippen molar-refractivity contribution in [3.63, 3.8) is 0 Å². The minimum atomic E-state index is -1.10. The molecule has 0 aliphatic heterocycles. The number of allylic oxidation sites excluding steroid dienone is 4. The van der Waals surface area contributed by atoms with Crippen LogP contribution in [0.2, 0.25) is 5.02 Å². The second-order valence-corrected chi connectivity index (χ2v) is 4.38. The van der Waals surface area contributed by atoms with Crippen molar-refractivity contribution >= 4 is 29.7 Å². The molecule has 1 aromatic rings. The third-order valence-electron chi connectivity index (χ3n) is 2.94. The third kappa shape index (κ3) is 1.96. The van der Waals surface area contributed by atoms with Crippen molar-refractivity contribution in [3.05, 3.63) is 53.1 Å². The topological polar surface area (TPSA) is 34.1 Å². The Labute approximate surface area is 105 Å². The van der Waals surface area contributed by atoms with Crippen LogP contribution in [0.15, 0.2) is 42.5 Å². The summed E-state index contributed by atoms with van der Waals surface area (Å²) in [7, 11) is 0. The molecular weight excluding hydrogens is 236 g/mol. The van der Waals surface area contributed by atoms with Crippen molar-refractivity contribution in [1.82, 2.24) is 0 Å². The van der Waals surface area contributed by atoms with Crippen molar-refractivity contribution < 1.29 is 9.59 Å². The van der Waals surface area contributed by atoms with E-state index in [-0.39, 0.29) is 0 Å². The monoisotopic (exact) mass is 246 g/mol. The van der Waals surface area contributed by atoms with E-state index in [4.69, 9.17) is 11.6 Å². The first-order chi connectivity index (χ1) is 8.23. The Balaban J connectivity index is 2.59. The van der Waals surface area contributed by atoms with Gasteiger partial charge in [0.25, 0.3) is 0 Å². The van der Waals surface area contributed by atoms with E-state index in [1.807, 2.05) is 30.4 Å². The lowest BCUT2D eigenvalue weighted by molar-refractivity contribution is -0.122. The number of benzene rings is 1. The van der Waals surface area contributed by atoms with Gasteiger partial charge in [-0.25, -0.2) is 0 Å².